The number of carbonyl (C=O) groups is 1. The molecule has 5 heteroatoms. The van der Waals surface area contributed by atoms with Gasteiger partial charge in [0, 0.05) is 42.2 Å². The number of aromatic nitrogens is 2. The fraction of sp³-hybridized carbons (Fsp3) is 0.467. The Labute approximate surface area is 122 Å². The highest BCUT2D eigenvalue weighted by atomic mass is 32.1. The maximum absolute atomic E-state index is 12.2. The number of thiophene rings is 1. The smallest absolute Gasteiger partial charge is 0.222 e. The molecule has 1 aliphatic heterocycles. The SMILES string of the molecule is Cc1cnc([C@@H]2CCN(C(=O)CCc3cccs3)C2)[nH]1. The first kappa shape index (κ1) is 13.4. The minimum absolute atomic E-state index is 0.268. The molecule has 1 aliphatic rings. The Kier molecular flexibility index (Phi) is 3.87. The second-order valence-corrected chi connectivity index (χ2v) is 6.39. The molecular formula is C15H19N3OS. The molecule has 3 heterocycles. The summed E-state index contributed by atoms with van der Waals surface area (Å²) in [5.74, 6) is 1.66. The second-order valence-electron chi connectivity index (χ2n) is 5.36. The summed E-state index contributed by atoms with van der Waals surface area (Å²) in [5.41, 5.74) is 1.09. The number of amides is 1. The number of carbonyl (C=O) groups excluding carboxylic acids is 1. The lowest BCUT2D eigenvalue weighted by Crippen LogP contribution is -2.28. The van der Waals surface area contributed by atoms with Crippen LogP contribution in [0.2, 0.25) is 0 Å². The third kappa shape index (κ3) is 2.93. The summed E-state index contributed by atoms with van der Waals surface area (Å²) in [6.07, 6.45) is 4.34. The predicted octanol–water partition coefficient (Wildman–Crippen LogP) is 2.73. The van der Waals surface area contributed by atoms with Crippen molar-refractivity contribution >= 4 is 17.2 Å². The molecule has 0 aromatic carbocycles. The van der Waals surface area contributed by atoms with Crippen molar-refractivity contribution in [3.8, 4) is 0 Å². The number of nitrogens with one attached hydrogen (secondary N) is 1. The van der Waals surface area contributed by atoms with E-state index in [1.807, 2.05) is 24.1 Å². The molecule has 106 valence electrons. The van der Waals surface area contributed by atoms with E-state index in [0.29, 0.717) is 12.3 Å². The van der Waals surface area contributed by atoms with Crippen LogP contribution in [-0.4, -0.2) is 33.9 Å². The molecule has 2 aromatic heterocycles. The maximum Gasteiger partial charge on any atom is 0.222 e. The molecule has 1 amide bonds. The summed E-state index contributed by atoms with van der Waals surface area (Å²) in [7, 11) is 0. The molecule has 0 saturated carbocycles. The van der Waals surface area contributed by atoms with Gasteiger partial charge in [0.1, 0.15) is 5.82 Å². The zero-order valence-corrected chi connectivity index (χ0v) is 12.4. The zero-order chi connectivity index (χ0) is 13.9. The monoisotopic (exact) mass is 289 g/mol. The molecule has 1 atom stereocenters. The molecule has 1 N–H and O–H groups in total. The van der Waals surface area contributed by atoms with Crippen LogP contribution in [0.3, 0.4) is 0 Å². The van der Waals surface area contributed by atoms with Gasteiger partial charge >= 0.3 is 0 Å². The maximum atomic E-state index is 12.2. The molecule has 0 spiro atoms. The van der Waals surface area contributed by atoms with Crippen LogP contribution >= 0.6 is 11.3 Å². The Bertz CT molecular complexity index is 576. The zero-order valence-electron chi connectivity index (χ0n) is 11.6. The summed E-state index contributed by atoms with van der Waals surface area (Å²) in [5, 5.41) is 2.06. The van der Waals surface area contributed by atoms with Gasteiger partial charge in [-0.15, -0.1) is 11.3 Å². The van der Waals surface area contributed by atoms with Gasteiger partial charge in [-0.05, 0) is 31.2 Å². The number of aromatic amines is 1. The molecule has 2 aromatic rings. The highest BCUT2D eigenvalue weighted by Gasteiger charge is 2.28. The van der Waals surface area contributed by atoms with Crippen LogP contribution in [0.1, 0.15) is 35.2 Å². The lowest BCUT2D eigenvalue weighted by molar-refractivity contribution is -0.130. The Morgan fingerprint density at radius 1 is 1.60 bits per heavy atom. The average molecular weight is 289 g/mol. The number of hydrogen-bond donors (Lipinski definition) is 1. The van der Waals surface area contributed by atoms with E-state index < -0.39 is 0 Å². The summed E-state index contributed by atoms with van der Waals surface area (Å²) >= 11 is 1.72. The largest absolute Gasteiger partial charge is 0.346 e. The van der Waals surface area contributed by atoms with Gasteiger partial charge in [-0.3, -0.25) is 4.79 Å². The Hall–Kier alpha value is -1.62. The van der Waals surface area contributed by atoms with Crippen LogP contribution in [0, 0.1) is 6.92 Å². The number of rotatable bonds is 4. The van der Waals surface area contributed by atoms with E-state index >= 15 is 0 Å². The third-order valence-corrected chi connectivity index (χ3v) is 4.75. The number of likely N-dealkylation sites (tertiary alicyclic amines) is 1. The van der Waals surface area contributed by atoms with E-state index in [1.165, 1.54) is 4.88 Å². The van der Waals surface area contributed by atoms with Crippen LogP contribution in [0.25, 0.3) is 0 Å². The van der Waals surface area contributed by atoms with Crippen LogP contribution in [0.4, 0.5) is 0 Å². The summed E-state index contributed by atoms with van der Waals surface area (Å²) in [6.45, 7) is 3.67. The molecule has 3 rings (SSSR count). The van der Waals surface area contributed by atoms with Crippen LogP contribution in [0.5, 0.6) is 0 Å². The van der Waals surface area contributed by atoms with E-state index in [4.69, 9.17) is 0 Å². The van der Waals surface area contributed by atoms with Gasteiger partial charge in [-0.25, -0.2) is 4.98 Å². The minimum atomic E-state index is 0.268. The van der Waals surface area contributed by atoms with Crippen molar-refractivity contribution < 1.29 is 4.79 Å². The van der Waals surface area contributed by atoms with E-state index in [9.17, 15) is 4.79 Å². The molecule has 0 aliphatic carbocycles. The standard InChI is InChI=1S/C15H19N3OS/c1-11-9-16-15(17-11)12-6-7-18(10-12)14(19)5-4-13-3-2-8-20-13/h2-3,8-9,12H,4-7,10H2,1H3,(H,16,17)/t12-/m1/s1. The average Bonchev–Trinajstić information content (AvgIpc) is 3.16. The summed E-state index contributed by atoms with van der Waals surface area (Å²) in [6, 6.07) is 4.13. The molecular weight excluding hydrogens is 270 g/mol. The molecule has 0 unspecified atom stereocenters. The van der Waals surface area contributed by atoms with Gasteiger partial charge in [0.25, 0.3) is 0 Å². The lowest BCUT2D eigenvalue weighted by Gasteiger charge is -2.15. The minimum Gasteiger partial charge on any atom is -0.346 e. The fourth-order valence-corrected chi connectivity index (χ4v) is 3.40. The van der Waals surface area contributed by atoms with Crippen molar-refractivity contribution in [1.82, 2.24) is 14.9 Å². The predicted molar refractivity (Wildman–Crippen MR) is 79.9 cm³/mol. The topological polar surface area (TPSA) is 49.0 Å². The second kappa shape index (κ2) is 5.79. The summed E-state index contributed by atoms with van der Waals surface area (Å²) < 4.78 is 0. The molecule has 1 saturated heterocycles. The van der Waals surface area contributed by atoms with Gasteiger partial charge in [0.05, 0.1) is 0 Å². The van der Waals surface area contributed by atoms with Crippen molar-refractivity contribution in [3.63, 3.8) is 0 Å². The Morgan fingerprint density at radius 2 is 2.50 bits per heavy atom. The van der Waals surface area contributed by atoms with Crippen LogP contribution in [-0.2, 0) is 11.2 Å². The molecule has 4 nitrogen and oxygen atoms in total. The van der Waals surface area contributed by atoms with Gasteiger partial charge < -0.3 is 9.88 Å². The Balaban J connectivity index is 1.53. The Morgan fingerprint density at radius 3 is 3.20 bits per heavy atom. The third-order valence-electron chi connectivity index (χ3n) is 3.82. The van der Waals surface area contributed by atoms with Crippen molar-refractivity contribution in [2.75, 3.05) is 13.1 Å². The molecule has 20 heavy (non-hydrogen) atoms. The van der Waals surface area contributed by atoms with Crippen molar-refractivity contribution in [3.05, 3.63) is 40.1 Å². The first-order valence-corrected chi connectivity index (χ1v) is 7.92. The number of hydrogen-bond acceptors (Lipinski definition) is 3. The quantitative estimate of drug-likeness (QED) is 0.941. The summed E-state index contributed by atoms with van der Waals surface area (Å²) in [4.78, 5) is 23.2. The van der Waals surface area contributed by atoms with E-state index in [0.717, 1.165) is 37.4 Å². The van der Waals surface area contributed by atoms with Crippen LogP contribution in [0.15, 0.2) is 23.7 Å². The van der Waals surface area contributed by atoms with Crippen molar-refractivity contribution in [2.24, 2.45) is 0 Å². The molecule has 1 fully saturated rings. The number of aryl methyl sites for hydroxylation is 2. The van der Waals surface area contributed by atoms with E-state index in [2.05, 4.69) is 21.4 Å². The van der Waals surface area contributed by atoms with E-state index in [-0.39, 0.29) is 5.91 Å². The van der Waals surface area contributed by atoms with Gasteiger partial charge in [0.15, 0.2) is 0 Å². The van der Waals surface area contributed by atoms with Crippen LogP contribution < -0.4 is 0 Å². The normalized spacial score (nSPS) is 18.6. The highest BCUT2D eigenvalue weighted by molar-refractivity contribution is 7.09. The number of H-pyrrole nitrogens is 1. The fourth-order valence-electron chi connectivity index (χ4n) is 2.69. The lowest BCUT2D eigenvalue weighted by atomic mass is 10.1. The van der Waals surface area contributed by atoms with Crippen molar-refractivity contribution in [2.45, 2.75) is 32.1 Å². The number of imidazole rings is 1. The highest BCUT2D eigenvalue weighted by Crippen LogP contribution is 2.25. The van der Waals surface area contributed by atoms with E-state index in [1.54, 1.807) is 11.3 Å². The first-order chi connectivity index (χ1) is 9.72. The molecule has 0 bridgehead atoms. The molecule has 0 radical (unpaired) electrons. The van der Waals surface area contributed by atoms with Gasteiger partial charge in [-0.1, -0.05) is 6.07 Å². The number of nitrogens with zero attached hydrogens (tertiary/aromatic N) is 2. The first-order valence-electron chi connectivity index (χ1n) is 7.04. The van der Waals surface area contributed by atoms with Crippen molar-refractivity contribution in [1.29, 1.82) is 0 Å². The van der Waals surface area contributed by atoms with Gasteiger partial charge in [0.2, 0.25) is 5.91 Å². The van der Waals surface area contributed by atoms with Gasteiger partial charge in [-0.2, -0.15) is 0 Å².